The summed E-state index contributed by atoms with van der Waals surface area (Å²) in [7, 11) is 0. The Bertz CT molecular complexity index is 531. The molecule has 82 valence electrons. The minimum atomic E-state index is -0.859. The van der Waals surface area contributed by atoms with Crippen molar-refractivity contribution in [3.63, 3.8) is 0 Å². The van der Waals surface area contributed by atoms with E-state index in [2.05, 4.69) is 5.92 Å². The van der Waals surface area contributed by atoms with Crippen molar-refractivity contribution in [1.82, 2.24) is 0 Å². The largest absolute Gasteiger partial charge is 0.392 e. The number of nitrogens with two attached hydrogens (primary N) is 2. The van der Waals surface area contributed by atoms with Crippen LogP contribution in [0.4, 0.5) is 11.4 Å². The minimum Gasteiger partial charge on any atom is -0.392 e. The lowest BCUT2D eigenvalue weighted by Gasteiger charge is -2.00. The highest BCUT2D eigenvalue weighted by atomic mass is 35.5. The van der Waals surface area contributed by atoms with Gasteiger partial charge in [0.1, 0.15) is 5.69 Å². The molecule has 0 atom stereocenters. The molecule has 0 bridgehead atoms. The fraction of sp³-hybridized carbons (Fsp3) is 0. The van der Waals surface area contributed by atoms with Gasteiger partial charge in [-0.1, -0.05) is 17.5 Å². The molecule has 0 saturated carbocycles. The Morgan fingerprint density at radius 1 is 1.50 bits per heavy atom. The number of primary amides is 1. The van der Waals surface area contributed by atoms with Gasteiger partial charge in [-0.2, -0.15) is 0 Å². The Balaban J connectivity index is 3.37. The van der Waals surface area contributed by atoms with Gasteiger partial charge >= 0.3 is 0 Å². The molecule has 0 spiro atoms. The average Bonchev–Trinajstić information content (AvgIpc) is 2.18. The molecule has 0 saturated heterocycles. The quantitative estimate of drug-likeness (QED) is 0.324. The van der Waals surface area contributed by atoms with Crippen LogP contribution in [0.15, 0.2) is 12.1 Å². The second kappa shape index (κ2) is 4.51. The third kappa shape index (κ3) is 2.62. The van der Waals surface area contributed by atoms with E-state index >= 15 is 0 Å². The summed E-state index contributed by atoms with van der Waals surface area (Å²) in [4.78, 5) is 20.3. The van der Waals surface area contributed by atoms with Crippen LogP contribution in [-0.2, 0) is 4.79 Å². The summed E-state index contributed by atoms with van der Waals surface area (Å²) >= 11 is 5.64. The van der Waals surface area contributed by atoms with Crippen molar-refractivity contribution in [3.05, 3.63) is 32.8 Å². The van der Waals surface area contributed by atoms with E-state index in [1.807, 2.05) is 5.92 Å². The van der Waals surface area contributed by atoms with Crippen LogP contribution in [0, 0.1) is 22.0 Å². The Morgan fingerprint density at radius 2 is 2.12 bits per heavy atom. The van der Waals surface area contributed by atoms with Crippen LogP contribution in [0.2, 0.25) is 5.02 Å². The lowest BCUT2D eigenvalue weighted by atomic mass is 10.1. The Kier molecular flexibility index (Phi) is 3.33. The summed E-state index contributed by atoms with van der Waals surface area (Å²) in [6, 6.07) is 2.42. The van der Waals surface area contributed by atoms with Gasteiger partial charge in [0.15, 0.2) is 0 Å². The van der Waals surface area contributed by atoms with Gasteiger partial charge in [0, 0.05) is 17.0 Å². The number of nitrogens with zero attached hydrogens (tertiary/aromatic N) is 1. The first-order chi connectivity index (χ1) is 7.41. The van der Waals surface area contributed by atoms with Crippen LogP contribution in [0.25, 0.3) is 0 Å². The predicted octanol–water partition coefficient (Wildman–Crippen LogP) is 0.667. The number of amides is 1. The zero-order valence-electron chi connectivity index (χ0n) is 7.86. The molecule has 0 heterocycles. The number of hydrogen-bond donors (Lipinski definition) is 2. The van der Waals surface area contributed by atoms with Crippen LogP contribution >= 0.6 is 11.6 Å². The second-order valence-electron chi connectivity index (χ2n) is 2.76. The molecule has 0 radical (unpaired) electrons. The third-order valence-corrected chi connectivity index (χ3v) is 1.86. The topological polar surface area (TPSA) is 112 Å². The summed E-state index contributed by atoms with van der Waals surface area (Å²) in [6.45, 7) is 0. The van der Waals surface area contributed by atoms with Gasteiger partial charge in [-0.15, -0.1) is 0 Å². The van der Waals surface area contributed by atoms with Crippen LogP contribution in [-0.4, -0.2) is 10.8 Å². The van der Waals surface area contributed by atoms with Gasteiger partial charge in [0.25, 0.3) is 11.6 Å². The smallest absolute Gasteiger partial charge is 0.294 e. The molecule has 0 aromatic heterocycles. The van der Waals surface area contributed by atoms with Crippen LogP contribution in [0.1, 0.15) is 5.56 Å². The molecule has 0 fully saturated rings. The fourth-order valence-corrected chi connectivity index (χ4v) is 1.20. The van der Waals surface area contributed by atoms with Crippen molar-refractivity contribution in [3.8, 4) is 11.8 Å². The van der Waals surface area contributed by atoms with Gasteiger partial charge in [-0.05, 0) is 6.07 Å². The standard InChI is InChI=1S/C9H6ClN3O3/c10-6-3-5(1-2-8(11)14)9(12)7(4-6)13(15)16/h3-4H,12H2,(H2,11,14). The fourth-order valence-electron chi connectivity index (χ4n) is 0.987. The molecule has 0 aliphatic carbocycles. The summed E-state index contributed by atoms with van der Waals surface area (Å²) in [5, 5.41) is 10.7. The third-order valence-electron chi connectivity index (χ3n) is 1.64. The summed E-state index contributed by atoms with van der Waals surface area (Å²) in [5.74, 6) is 3.47. The second-order valence-corrected chi connectivity index (χ2v) is 3.19. The minimum absolute atomic E-state index is 0.0954. The maximum absolute atomic E-state index is 10.6. The molecule has 1 rings (SSSR count). The van der Waals surface area contributed by atoms with E-state index in [1.54, 1.807) is 0 Å². The number of halogens is 1. The van der Waals surface area contributed by atoms with Gasteiger partial charge in [-0.25, -0.2) is 0 Å². The molecule has 0 aliphatic rings. The number of benzene rings is 1. The lowest BCUT2D eigenvalue weighted by Crippen LogP contribution is -2.06. The molecule has 4 N–H and O–H groups in total. The lowest BCUT2D eigenvalue weighted by molar-refractivity contribution is -0.383. The van der Waals surface area contributed by atoms with Crippen molar-refractivity contribution < 1.29 is 9.72 Å². The monoisotopic (exact) mass is 239 g/mol. The summed E-state index contributed by atoms with van der Waals surface area (Å²) in [5.41, 5.74) is 9.88. The number of carbonyl (C=O) groups excluding carboxylic acids is 1. The van der Waals surface area contributed by atoms with Gasteiger partial charge < -0.3 is 11.5 Å². The van der Waals surface area contributed by atoms with E-state index in [0.717, 1.165) is 6.07 Å². The summed E-state index contributed by atoms with van der Waals surface area (Å²) < 4.78 is 0. The number of nitro benzene ring substituents is 1. The molecule has 6 nitrogen and oxygen atoms in total. The molecule has 1 aromatic rings. The van der Waals surface area contributed by atoms with Crippen molar-refractivity contribution >= 4 is 28.9 Å². The highest BCUT2D eigenvalue weighted by Gasteiger charge is 2.15. The number of hydrogen-bond acceptors (Lipinski definition) is 4. The molecule has 0 unspecified atom stereocenters. The number of rotatable bonds is 1. The zero-order valence-corrected chi connectivity index (χ0v) is 8.62. The van der Waals surface area contributed by atoms with Gasteiger partial charge in [-0.3, -0.25) is 14.9 Å². The molecule has 0 aliphatic heterocycles. The van der Waals surface area contributed by atoms with Crippen molar-refractivity contribution in [2.75, 3.05) is 5.73 Å². The van der Waals surface area contributed by atoms with Crippen LogP contribution in [0.3, 0.4) is 0 Å². The normalized spacial score (nSPS) is 9.06. The predicted molar refractivity (Wildman–Crippen MR) is 58.6 cm³/mol. The molecule has 1 aromatic carbocycles. The first-order valence-electron chi connectivity index (χ1n) is 3.96. The van der Waals surface area contributed by atoms with E-state index in [0.29, 0.717) is 0 Å². The summed E-state index contributed by atoms with van der Waals surface area (Å²) in [6.07, 6.45) is 0. The van der Waals surface area contributed by atoms with E-state index in [-0.39, 0.29) is 22.0 Å². The first kappa shape index (κ1) is 11.8. The van der Waals surface area contributed by atoms with E-state index in [9.17, 15) is 14.9 Å². The highest BCUT2D eigenvalue weighted by Crippen LogP contribution is 2.28. The number of anilines is 1. The van der Waals surface area contributed by atoms with Gasteiger partial charge in [0.05, 0.1) is 10.5 Å². The Hall–Kier alpha value is -2.26. The molecule has 16 heavy (non-hydrogen) atoms. The molecule has 1 amide bonds. The van der Waals surface area contributed by atoms with Gasteiger partial charge in [0.2, 0.25) is 0 Å². The maximum atomic E-state index is 10.6. The Morgan fingerprint density at radius 3 is 2.62 bits per heavy atom. The number of nitrogen functional groups attached to an aromatic ring is 1. The maximum Gasteiger partial charge on any atom is 0.294 e. The average molecular weight is 240 g/mol. The van der Waals surface area contributed by atoms with E-state index in [4.69, 9.17) is 23.1 Å². The highest BCUT2D eigenvalue weighted by molar-refractivity contribution is 6.31. The van der Waals surface area contributed by atoms with E-state index in [1.165, 1.54) is 6.07 Å². The number of carbonyl (C=O) groups is 1. The van der Waals surface area contributed by atoms with Crippen molar-refractivity contribution in [2.24, 2.45) is 5.73 Å². The van der Waals surface area contributed by atoms with Crippen LogP contribution < -0.4 is 11.5 Å². The Labute approximate surface area is 95.3 Å². The van der Waals surface area contributed by atoms with Crippen LogP contribution in [0.5, 0.6) is 0 Å². The molecular formula is C9H6ClN3O3. The zero-order chi connectivity index (χ0) is 12.3. The molecule has 7 heteroatoms. The SMILES string of the molecule is NC(=O)C#Cc1cc(Cl)cc([N+](=O)[O-])c1N. The van der Waals surface area contributed by atoms with E-state index < -0.39 is 10.8 Å². The first-order valence-corrected chi connectivity index (χ1v) is 4.34. The van der Waals surface area contributed by atoms with Crippen molar-refractivity contribution in [2.45, 2.75) is 0 Å². The number of nitro groups is 1. The van der Waals surface area contributed by atoms with Crippen molar-refractivity contribution in [1.29, 1.82) is 0 Å². The molecular weight excluding hydrogens is 234 g/mol.